The lowest BCUT2D eigenvalue weighted by Gasteiger charge is -2.42. The van der Waals surface area contributed by atoms with Crippen molar-refractivity contribution in [3.8, 4) is 11.4 Å². The monoisotopic (exact) mass is 342 g/mol. The molecule has 2 aliphatic rings. The molecular formula is C19H26N4O2. The van der Waals surface area contributed by atoms with E-state index in [0.717, 1.165) is 69.3 Å². The van der Waals surface area contributed by atoms with Gasteiger partial charge in [0.15, 0.2) is 11.6 Å². The van der Waals surface area contributed by atoms with Gasteiger partial charge in [-0.1, -0.05) is 6.92 Å². The van der Waals surface area contributed by atoms with E-state index in [1.54, 1.807) is 12.4 Å². The van der Waals surface area contributed by atoms with Crippen molar-refractivity contribution in [2.75, 3.05) is 19.8 Å². The number of nitrogens with zero attached hydrogens (tertiary/aromatic N) is 4. The predicted molar refractivity (Wildman–Crippen MR) is 94.0 cm³/mol. The fourth-order valence-electron chi connectivity index (χ4n) is 3.86. The number of pyridine rings is 1. The summed E-state index contributed by atoms with van der Waals surface area (Å²) in [6, 6.07) is 3.91. The van der Waals surface area contributed by atoms with Crippen LogP contribution in [0.25, 0.3) is 11.4 Å². The summed E-state index contributed by atoms with van der Waals surface area (Å²) in [5.41, 5.74) is 1.32. The van der Waals surface area contributed by atoms with Crippen LogP contribution in [0.5, 0.6) is 0 Å². The molecule has 4 heterocycles. The van der Waals surface area contributed by atoms with Crippen LogP contribution in [0.2, 0.25) is 0 Å². The number of hydrogen-bond donors (Lipinski definition) is 0. The van der Waals surface area contributed by atoms with E-state index in [4.69, 9.17) is 19.6 Å². The van der Waals surface area contributed by atoms with Crippen molar-refractivity contribution in [1.82, 2.24) is 19.7 Å². The van der Waals surface area contributed by atoms with Crippen LogP contribution in [0.3, 0.4) is 0 Å². The smallest absolute Gasteiger partial charge is 0.181 e. The molecule has 2 aliphatic heterocycles. The summed E-state index contributed by atoms with van der Waals surface area (Å²) in [5, 5.41) is 4.73. The Morgan fingerprint density at radius 3 is 2.68 bits per heavy atom. The van der Waals surface area contributed by atoms with Crippen molar-refractivity contribution < 1.29 is 9.47 Å². The van der Waals surface area contributed by atoms with E-state index in [1.807, 2.05) is 16.8 Å². The number of hydrogen-bond acceptors (Lipinski definition) is 5. The highest BCUT2D eigenvalue weighted by Gasteiger charge is 2.39. The molecule has 0 amide bonds. The summed E-state index contributed by atoms with van der Waals surface area (Å²) in [6.07, 6.45) is 9.06. The molecule has 6 heteroatoms. The maximum Gasteiger partial charge on any atom is 0.181 e. The van der Waals surface area contributed by atoms with E-state index >= 15 is 0 Å². The first-order valence-electron chi connectivity index (χ1n) is 9.34. The van der Waals surface area contributed by atoms with Crippen molar-refractivity contribution >= 4 is 0 Å². The third-order valence-corrected chi connectivity index (χ3v) is 5.44. The molecule has 134 valence electrons. The van der Waals surface area contributed by atoms with Crippen LogP contribution < -0.4 is 0 Å². The maximum atomic E-state index is 6.30. The van der Waals surface area contributed by atoms with Gasteiger partial charge in [-0.25, -0.2) is 9.67 Å². The Bertz CT molecular complexity index is 685. The third kappa shape index (κ3) is 3.46. The normalized spacial score (nSPS) is 23.0. The first kappa shape index (κ1) is 16.7. The first-order valence-corrected chi connectivity index (χ1v) is 9.34. The van der Waals surface area contributed by atoms with Gasteiger partial charge in [0.05, 0.1) is 6.61 Å². The predicted octanol–water partition coefficient (Wildman–Crippen LogP) is 3.40. The number of aromatic nitrogens is 4. The van der Waals surface area contributed by atoms with Crippen LogP contribution in [-0.4, -0.2) is 39.6 Å². The maximum absolute atomic E-state index is 6.30. The number of aryl methyl sites for hydroxylation is 1. The van der Waals surface area contributed by atoms with Crippen LogP contribution in [0.1, 0.15) is 51.0 Å². The lowest BCUT2D eigenvalue weighted by molar-refractivity contribution is -0.110. The number of rotatable bonds is 4. The molecular weight excluding hydrogens is 316 g/mol. The van der Waals surface area contributed by atoms with Gasteiger partial charge < -0.3 is 9.47 Å². The lowest BCUT2D eigenvalue weighted by atomic mass is 9.75. The molecule has 0 aliphatic carbocycles. The van der Waals surface area contributed by atoms with Gasteiger partial charge in [-0.2, -0.15) is 5.10 Å². The highest BCUT2D eigenvalue weighted by atomic mass is 16.5. The third-order valence-electron chi connectivity index (χ3n) is 5.44. The molecule has 2 saturated heterocycles. The van der Waals surface area contributed by atoms with Crippen LogP contribution in [0.4, 0.5) is 0 Å². The van der Waals surface area contributed by atoms with Crippen molar-refractivity contribution in [1.29, 1.82) is 0 Å². The van der Waals surface area contributed by atoms with Gasteiger partial charge in [0.1, 0.15) is 6.10 Å². The van der Waals surface area contributed by atoms with E-state index in [9.17, 15) is 0 Å². The Hall–Kier alpha value is -1.79. The van der Waals surface area contributed by atoms with Crippen LogP contribution in [-0.2, 0) is 16.0 Å². The van der Waals surface area contributed by atoms with Gasteiger partial charge in [-0.05, 0) is 49.7 Å². The summed E-state index contributed by atoms with van der Waals surface area (Å²) in [5.74, 6) is 1.73. The van der Waals surface area contributed by atoms with E-state index in [1.165, 1.54) is 6.42 Å². The second kappa shape index (κ2) is 7.22. The molecule has 1 spiro atoms. The Morgan fingerprint density at radius 1 is 1.20 bits per heavy atom. The molecule has 1 unspecified atom stereocenters. The molecule has 1 atom stereocenters. The van der Waals surface area contributed by atoms with E-state index in [2.05, 4.69) is 11.9 Å². The van der Waals surface area contributed by atoms with Gasteiger partial charge in [-0.15, -0.1) is 0 Å². The van der Waals surface area contributed by atoms with Gasteiger partial charge in [0.25, 0.3) is 0 Å². The minimum absolute atomic E-state index is 0.0445. The minimum atomic E-state index is 0.0445. The molecule has 2 aromatic heterocycles. The Morgan fingerprint density at radius 2 is 2.00 bits per heavy atom. The van der Waals surface area contributed by atoms with Crippen LogP contribution in [0, 0.1) is 5.41 Å². The van der Waals surface area contributed by atoms with Gasteiger partial charge in [0, 0.05) is 37.7 Å². The number of ether oxygens (including phenoxy) is 2. The highest BCUT2D eigenvalue weighted by Crippen LogP contribution is 2.43. The van der Waals surface area contributed by atoms with Crippen molar-refractivity contribution in [3.63, 3.8) is 0 Å². The lowest BCUT2D eigenvalue weighted by Crippen LogP contribution is -2.38. The zero-order chi connectivity index (χ0) is 17.1. The van der Waals surface area contributed by atoms with E-state index in [-0.39, 0.29) is 6.10 Å². The molecule has 0 bridgehead atoms. The molecule has 2 fully saturated rings. The Kier molecular flexibility index (Phi) is 4.81. The molecule has 4 rings (SSSR count). The highest BCUT2D eigenvalue weighted by molar-refractivity contribution is 5.53. The van der Waals surface area contributed by atoms with Gasteiger partial charge >= 0.3 is 0 Å². The largest absolute Gasteiger partial charge is 0.381 e. The zero-order valence-corrected chi connectivity index (χ0v) is 14.9. The van der Waals surface area contributed by atoms with Crippen molar-refractivity contribution in [2.45, 2.75) is 51.7 Å². The summed E-state index contributed by atoms with van der Waals surface area (Å²) < 4.78 is 13.9. The fraction of sp³-hybridized carbons (Fsp3) is 0.632. The second-order valence-electron chi connectivity index (χ2n) is 7.20. The Balaban J connectivity index is 1.54. The molecule has 0 radical (unpaired) electrons. The zero-order valence-electron chi connectivity index (χ0n) is 14.9. The molecule has 0 N–H and O–H groups in total. The SMILES string of the molecule is CCCn1nc(-c2ccncc2)nc1C1CCC2(CCOCC2)CO1. The average molecular weight is 342 g/mol. The minimum Gasteiger partial charge on any atom is -0.381 e. The summed E-state index contributed by atoms with van der Waals surface area (Å²) >= 11 is 0. The van der Waals surface area contributed by atoms with Crippen LogP contribution in [0.15, 0.2) is 24.5 Å². The topological polar surface area (TPSA) is 62.1 Å². The van der Waals surface area contributed by atoms with Crippen molar-refractivity contribution in [2.24, 2.45) is 5.41 Å². The molecule has 0 saturated carbocycles. The summed E-state index contributed by atoms with van der Waals surface area (Å²) in [6.45, 7) is 5.58. The first-order chi connectivity index (χ1) is 12.3. The quantitative estimate of drug-likeness (QED) is 0.852. The van der Waals surface area contributed by atoms with E-state index < -0.39 is 0 Å². The fourth-order valence-corrected chi connectivity index (χ4v) is 3.86. The summed E-state index contributed by atoms with van der Waals surface area (Å²) in [4.78, 5) is 8.91. The second-order valence-corrected chi connectivity index (χ2v) is 7.20. The van der Waals surface area contributed by atoms with Crippen LogP contribution >= 0.6 is 0 Å². The molecule has 0 aromatic carbocycles. The molecule has 2 aromatic rings. The Labute approximate surface area is 148 Å². The van der Waals surface area contributed by atoms with Crippen molar-refractivity contribution in [3.05, 3.63) is 30.4 Å². The molecule has 6 nitrogen and oxygen atoms in total. The van der Waals surface area contributed by atoms with Gasteiger partial charge in [0.2, 0.25) is 0 Å². The standard InChI is InChI=1S/C19H26N4O2/c1-2-11-23-18(21-17(22-23)15-4-9-20-10-5-15)16-3-6-19(14-25-16)7-12-24-13-8-19/h4-5,9-10,16H,2-3,6-8,11-14H2,1H3. The average Bonchev–Trinajstić information content (AvgIpc) is 3.08. The van der Waals surface area contributed by atoms with Gasteiger partial charge in [-0.3, -0.25) is 4.98 Å². The molecule has 25 heavy (non-hydrogen) atoms. The van der Waals surface area contributed by atoms with E-state index in [0.29, 0.717) is 5.41 Å². The summed E-state index contributed by atoms with van der Waals surface area (Å²) in [7, 11) is 0.